The number of amides is 2. The van der Waals surface area contributed by atoms with Crippen LogP contribution in [0.5, 0.6) is 5.75 Å². The van der Waals surface area contributed by atoms with Gasteiger partial charge in [-0.05, 0) is 57.5 Å². The zero-order chi connectivity index (χ0) is 27.4. The van der Waals surface area contributed by atoms with E-state index in [1.165, 1.54) is 4.57 Å². The summed E-state index contributed by atoms with van der Waals surface area (Å²) < 4.78 is 7.91. The number of benzene rings is 2. The molecule has 0 saturated heterocycles. The van der Waals surface area contributed by atoms with Crippen molar-refractivity contribution < 1.29 is 14.3 Å². The molecule has 10 heteroatoms. The molecule has 1 N–H and O–H groups in total. The van der Waals surface area contributed by atoms with Crippen molar-refractivity contribution in [1.82, 2.24) is 14.0 Å². The van der Waals surface area contributed by atoms with Crippen LogP contribution in [0.3, 0.4) is 0 Å². The molecule has 0 unspecified atom stereocenters. The van der Waals surface area contributed by atoms with E-state index in [9.17, 15) is 19.2 Å². The van der Waals surface area contributed by atoms with Crippen LogP contribution in [0.25, 0.3) is 15.9 Å². The maximum absolute atomic E-state index is 13.7. The lowest BCUT2D eigenvalue weighted by Crippen LogP contribution is -2.40. The number of rotatable bonds is 9. The fourth-order valence-electron chi connectivity index (χ4n) is 4.33. The van der Waals surface area contributed by atoms with Crippen LogP contribution in [0.15, 0.2) is 64.2 Å². The van der Waals surface area contributed by atoms with E-state index in [1.54, 1.807) is 66.4 Å². The molecule has 0 aliphatic heterocycles. The van der Waals surface area contributed by atoms with Crippen LogP contribution in [0.4, 0.5) is 5.69 Å². The monoisotopic (exact) mass is 534 g/mol. The summed E-state index contributed by atoms with van der Waals surface area (Å²) in [6.45, 7) is 8.39. The lowest BCUT2D eigenvalue weighted by atomic mass is 10.2. The van der Waals surface area contributed by atoms with Crippen LogP contribution < -0.4 is 21.3 Å². The third-order valence-electron chi connectivity index (χ3n) is 6.23. The van der Waals surface area contributed by atoms with Gasteiger partial charge in [0.2, 0.25) is 5.91 Å². The van der Waals surface area contributed by atoms with Gasteiger partial charge in [0, 0.05) is 13.1 Å². The van der Waals surface area contributed by atoms with Crippen LogP contribution in [0.1, 0.15) is 36.0 Å². The van der Waals surface area contributed by atoms with E-state index in [-0.39, 0.29) is 22.7 Å². The molecular formula is C28H30N4O5S. The van der Waals surface area contributed by atoms with Gasteiger partial charge in [0.15, 0.2) is 0 Å². The summed E-state index contributed by atoms with van der Waals surface area (Å²) in [5.74, 6) is -0.177. The number of nitrogens with one attached hydrogen (secondary N) is 1. The van der Waals surface area contributed by atoms with E-state index in [2.05, 4.69) is 5.32 Å². The maximum atomic E-state index is 13.7. The average Bonchev–Trinajstić information content (AvgIpc) is 3.26. The van der Waals surface area contributed by atoms with E-state index in [0.717, 1.165) is 15.9 Å². The summed E-state index contributed by atoms with van der Waals surface area (Å²) >= 11 is 1.06. The van der Waals surface area contributed by atoms with Crippen molar-refractivity contribution in [2.75, 3.05) is 25.0 Å². The number of aromatic nitrogens is 2. The Balaban J connectivity index is 1.89. The molecule has 2 heterocycles. The van der Waals surface area contributed by atoms with Crippen molar-refractivity contribution in [2.45, 2.75) is 34.2 Å². The van der Waals surface area contributed by atoms with Gasteiger partial charge in [-0.15, -0.1) is 11.3 Å². The van der Waals surface area contributed by atoms with Crippen molar-refractivity contribution in [1.29, 1.82) is 0 Å². The summed E-state index contributed by atoms with van der Waals surface area (Å²) in [6.07, 6.45) is 0. The first-order valence-corrected chi connectivity index (χ1v) is 13.3. The highest BCUT2D eigenvalue weighted by molar-refractivity contribution is 7.20. The van der Waals surface area contributed by atoms with E-state index in [0.29, 0.717) is 47.3 Å². The fourth-order valence-corrected chi connectivity index (χ4v) is 5.59. The quantitative estimate of drug-likeness (QED) is 0.349. The second-order valence-electron chi connectivity index (χ2n) is 8.54. The number of fused-ring (bicyclic) bond motifs is 1. The zero-order valence-corrected chi connectivity index (χ0v) is 22.6. The largest absolute Gasteiger partial charge is 0.492 e. The molecular weight excluding hydrogens is 504 g/mol. The Labute approximate surface area is 223 Å². The number of hydrogen-bond donors (Lipinski definition) is 1. The molecule has 4 rings (SSSR count). The predicted molar refractivity (Wildman–Crippen MR) is 150 cm³/mol. The smallest absolute Gasteiger partial charge is 0.337 e. The van der Waals surface area contributed by atoms with Gasteiger partial charge >= 0.3 is 5.69 Å². The fraction of sp³-hybridized carbons (Fsp3) is 0.286. The molecule has 2 amide bonds. The minimum atomic E-state index is -0.662. The first-order valence-electron chi connectivity index (χ1n) is 12.5. The number of carbonyl (C=O) groups is 2. The molecule has 0 spiro atoms. The Morgan fingerprint density at radius 2 is 1.63 bits per heavy atom. The molecule has 0 aliphatic carbocycles. The molecule has 198 valence electrons. The van der Waals surface area contributed by atoms with Crippen LogP contribution in [-0.4, -0.2) is 45.5 Å². The Kier molecular flexibility index (Phi) is 8.11. The Morgan fingerprint density at radius 1 is 0.974 bits per heavy atom. The molecule has 9 nitrogen and oxygen atoms in total. The molecule has 0 saturated carbocycles. The number of aryl methyl sites for hydroxylation is 1. The second kappa shape index (κ2) is 11.5. The SMILES string of the molecule is CCOc1ccccc1NC(=O)Cn1c(=O)n(-c2ccccc2)c(=O)c2c(C)c(C(=O)N(CC)CC)sc21. The zero-order valence-electron chi connectivity index (χ0n) is 21.8. The Bertz CT molecular complexity index is 1600. The molecule has 0 aliphatic rings. The minimum Gasteiger partial charge on any atom is -0.492 e. The number of thiophene rings is 1. The van der Waals surface area contributed by atoms with Gasteiger partial charge in [0.1, 0.15) is 17.1 Å². The number of nitrogens with zero attached hydrogens (tertiary/aromatic N) is 3. The predicted octanol–water partition coefficient (Wildman–Crippen LogP) is 4.04. The van der Waals surface area contributed by atoms with Gasteiger partial charge in [-0.3, -0.25) is 19.0 Å². The third kappa shape index (κ3) is 4.99. The normalized spacial score (nSPS) is 10.9. The van der Waals surface area contributed by atoms with Crippen molar-refractivity contribution in [3.63, 3.8) is 0 Å². The second-order valence-corrected chi connectivity index (χ2v) is 9.54. The summed E-state index contributed by atoms with van der Waals surface area (Å²) in [6, 6.07) is 15.6. The van der Waals surface area contributed by atoms with E-state index in [1.807, 2.05) is 20.8 Å². The van der Waals surface area contributed by atoms with Gasteiger partial charge in [-0.2, -0.15) is 0 Å². The van der Waals surface area contributed by atoms with Crippen molar-refractivity contribution in [3.05, 3.63) is 85.9 Å². The minimum absolute atomic E-state index is 0.214. The summed E-state index contributed by atoms with van der Waals surface area (Å²) in [7, 11) is 0. The number of hydrogen-bond acceptors (Lipinski definition) is 6. The van der Waals surface area contributed by atoms with Crippen LogP contribution in [0, 0.1) is 6.92 Å². The van der Waals surface area contributed by atoms with Gasteiger partial charge in [-0.1, -0.05) is 30.3 Å². The van der Waals surface area contributed by atoms with Crippen molar-refractivity contribution >= 4 is 39.1 Å². The highest BCUT2D eigenvalue weighted by Gasteiger charge is 2.26. The van der Waals surface area contributed by atoms with Gasteiger partial charge in [-0.25, -0.2) is 9.36 Å². The average molecular weight is 535 g/mol. The summed E-state index contributed by atoms with van der Waals surface area (Å²) in [5, 5.41) is 3.06. The number of carbonyl (C=O) groups excluding carboxylic acids is 2. The van der Waals surface area contributed by atoms with Crippen LogP contribution in [0.2, 0.25) is 0 Å². The van der Waals surface area contributed by atoms with Gasteiger partial charge < -0.3 is 15.0 Å². The standard InChI is InChI=1S/C28H30N4O5S/c1-5-30(6-2)26(35)24-18(4)23-25(34)32(19-13-9-8-10-14-19)28(36)31(27(23)38-24)17-22(33)29-20-15-11-12-16-21(20)37-7-3/h8-16H,5-7,17H2,1-4H3,(H,29,33). The van der Waals surface area contributed by atoms with Gasteiger partial charge in [0.25, 0.3) is 11.5 Å². The van der Waals surface area contributed by atoms with Crippen molar-refractivity contribution in [2.24, 2.45) is 0 Å². The lowest BCUT2D eigenvalue weighted by molar-refractivity contribution is -0.116. The van der Waals surface area contributed by atoms with Crippen LogP contribution in [-0.2, 0) is 11.3 Å². The van der Waals surface area contributed by atoms with Gasteiger partial charge in [0.05, 0.1) is 28.2 Å². The first kappa shape index (κ1) is 26.9. The van der Waals surface area contributed by atoms with E-state index >= 15 is 0 Å². The third-order valence-corrected chi connectivity index (χ3v) is 7.54. The number of anilines is 1. The maximum Gasteiger partial charge on any atom is 0.337 e. The number of ether oxygens (including phenoxy) is 1. The summed E-state index contributed by atoms with van der Waals surface area (Å²) in [4.78, 5) is 56.2. The molecule has 0 fully saturated rings. The highest BCUT2D eigenvalue weighted by Crippen LogP contribution is 2.30. The van der Waals surface area contributed by atoms with E-state index in [4.69, 9.17) is 4.74 Å². The summed E-state index contributed by atoms with van der Waals surface area (Å²) in [5.41, 5.74) is 0.154. The molecule has 2 aromatic heterocycles. The number of para-hydroxylation sites is 3. The van der Waals surface area contributed by atoms with Crippen LogP contribution >= 0.6 is 11.3 Å². The Morgan fingerprint density at radius 3 is 2.29 bits per heavy atom. The lowest BCUT2D eigenvalue weighted by Gasteiger charge is -2.17. The molecule has 0 radical (unpaired) electrons. The molecule has 4 aromatic rings. The van der Waals surface area contributed by atoms with E-state index < -0.39 is 17.2 Å². The Hall–Kier alpha value is -4.18. The van der Waals surface area contributed by atoms with Crippen molar-refractivity contribution in [3.8, 4) is 11.4 Å². The topological polar surface area (TPSA) is 103 Å². The first-order chi connectivity index (χ1) is 18.3. The molecule has 2 aromatic carbocycles. The molecule has 38 heavy (non-hydrogen) atoms. The highest BCUT2D eigenvalue weighted by atomic mass is 32.1. The molecule has 0 bridgehead atoms. The molecule has 0 atom stereocenters.